The molecule has 0 bridgehead atoms. The summed E-state index contributed by atoms with van der Waals surface area (Å²) in [5.74, 6) is 0.568. The summed E-state index contributed by atoms with van der Waals surface area (Å²) < 4.78 is 5.15. The number of unbranched alkanes of at least 4 members (excludes halogenated alkanes) is 2. The molecular formula is C16H20N2O2. The molecule has 1 rings (SSSR count). The Bertz CT molecular complexity index is 472. The molecular weight excluding hydrogens is 252 g/mol. The van der Waals surface area contributed by atoms with Crippen LogP contribution < -0.4 is 10.1 Å². The number of hydrogen-bond acceptors (Lipinski definition) is 3. The maximum atomic E-state index is 11.5. The average Bonchev–Trinajstić information content (AvgIpc) is 2.48. The predicted octanol–water partition coefficient (Wildman–Crippen LogP) is 2.91. The molecule has 0 saturated carbocycles. The lowest BCUT2D eigenvalue weighted by Gasteiger charge is -2.02. The Morgan fingerprint density at radius 1 is 1.35 bits per heavy atom. The van der Waals surface area contributed by atoms with Crippen LogP contribution in [0.1, 0.15) is 31.7 Å². The van der Waals surface area contributed by atoms with Gasteiger partial charge in [0.2, 0.25) is 5.91 Å². The minimum Gasteiger partial charge on any atom is -0.479 e. The Morgan fingerprint density at radius 3 is 2.75 bits per heavy atom. The van der Waals surface area contributed by atoms with Gasteiger partial charge in [0.05, 0.1) is 0 Å². The van der Waals surface area contributed by atoms with Gasteiger partial charge in [-0.25, -0.2) is 0 Å². The largest absolute Gasteiger partial charge is 0.479 e. The maximum absolute atomic E-state index is 11.5. The minimum absolute atomic E-state index is 0.0371. The van der Waals surface area contributed by atoms with Gasteiger partial charge in [0.1, 0.15) is 11.8 Å². The number of carbonyl (C=O) groups is 1. The second-order valence-corrected chi connectivity index (χ2v) is 4.35. The Labute approximate surface area is 120 Å². The van der Waals surface area contributed by atoms with Crippen molar-refractivity contribution in [1.29, 1.82) is 5.26 Å². The van der Waals surface area contributed by atoms with Crippen molar-refractivity contribution in [2.75, 3.05) is 13.2 Å². The lowest BCUT2D eigenvalue weighted by atomic mass is 10.2. The number of ether oxygens (including phenoxy) is 1. The summed E-state index contributed by atoms with van der Waals surface area (Å²) in [5, 5.41) is 11.2. The van der Waals surface area contributed by atoms with Crippen molar-refractivity contribution in [2.24, 2.45) is 0 Å². The predicted molar refractivity (Wildman–Crippen MR) is 79.1 cm³/mol. The first-order valence-corrected chi connectivity index (χ1v) is 6.82. The topological polar surface area (TPSA) is 62.1 Å². The Morgan fingerprint density at radius 2 is 2.10 bits per heavy atom. The van der Waals surface area contributed by atoms with E-state index in [1.54, 1.807) is 18.2 Å². The van der Waals surface area contributed by atoms with E-state index in [0.29, 0.717) is 5.75 Å². The van der Waals surface area contributed by atoms with Crippen LogP contribution in [0.5, 0.6) is 5.75 Å². The molecule has 20 heavy (non-hydrogen) atoms. The van der Waals surface area contributed by atoms with Crippen molar-refractivity contribution in [1.82, 2.24) is 5.32 Å². The van der Waals surface area contributed by atoms with E-state index in [-0.39, 0.29) is 12.5 Å². The number of amides is 1. The molecule has 4 heteroatoms. The summed E-state index contributed by atoms with van der Waals surface area (Å²) in [6.45, 7) is 2.89. The molecule has 0 spiro atoms. The van der Waals surface area contributed by atoms with Crippen molar-refractivity contribution in [3.05, 3.63) is 35.9 Å². The standard InChI is InChI=1S/C16H20N2O2/c1-2-3-4-12-18-16(19)10-7-14-5-8-15(9-6-14)20-13-11-17/h5-10H,2-4,12-13H2,1H3,(H,18,19). The quantitative estimate of drug-likeness (QED) is 0.584. The Balaban J connectivity index is 2.37. The SMILES string of the molecule is CCCCCNC(=O)C=Cc1ccc(OCC#N)cc1. The highest BCUT2D eigenvalue weighted by atomic mass is 16.5. The van der Waals surface area contributed by atoms with Gasteiger partial charge in [0.15, 0.2) is 6.61 Å². The van der Waals surface area contributed by atoms with Crippen LogP contribution in [0.4, 0.5) is 0 Å². The lowest BCUT2D eigenvalue weighted by Crippen LogP contribution is -2.21. The van der Waals surface area contributed by atoms with E-state index < -0.39 is 0 Å². The molecule has 4 nitrogen and oxygen atoms in total. The first-order chi connectivity index (χ1) is 9.76. The van der Waals surface area contributed by atoms with Gasteiger partial charge in [0.25, 0.3) is 0 Å². The smallest absolute Gasteiger partial charge is 0.243 e. The van der Waals surface area contributed by atoms with Crippen LogP contribution in [0.25, 0.3) is 6.08 Å². The fourth-order valence-corrected chi connectivity index (χ4v) is 1.61. The highest BCUT2D eigenvalue weighted by Crippen LogP contribution is 2.12. The first kappa shape index (κ1) is 15.8. The molecule has 0 radical (unpaired) electrons. The van der Waals surface area contributed by atoms with Gasteiger partial charge in [-0.05, 0) is 30.2 Å². The van der Waals surface area contributed by atoms with E-state index in [4.69, 9.17) is 10.00 Å². The fraction of sp³-hybridized carbons (Fsp3) is 0.375. The summed E-state index contributed by atoms with van der Waals surface area (Å²) in [6.07, 6.45) is 6.57. The third-order valence-electron chi connectivity index (χ3n) is 2.69. The van der Waals surface area contributed by atoms with Gasteiger partial charge < -0.3 is 10.1 Å². The van der Waals surface area contributed by atoms with Crippen LogP contribution in [0, 0.1) is 11.3 Å². The number of rotatable bonds is 8. The zero-order valence-electron chi connectivity index (χ0n) is 11.8. The molecule has 1 aromatic carbocycles. The van der Waals surface area contributed by atoms with Crippen molar-refractivity contribution < 1.29 is 9.53 Å². The normalized spacial score (nSPS) is 10.2. The molecule has 0 heterocycles. The number of nitrogens with zero attached hydrogens (tertiary/aromatic N) is 1. The van der Waals surface area contributed by atoms with Gasteiger partial charge in [-0.1, -0.05) is 31.9 Å². The van der Waals surface area contributed by atoms with E-state index in [2.05, 4.69) is 12.2 Å². The van der Waals surface area contributed by atoms with Gasteiger partial charge in [-0.15, -0.1) is 0 Å². The molecule has 1 N–H and O–H groups in total. The van der Waals surface area contributed by atoms with E-state index in [1.807, 2.05) is 18.2 Å². The monoisotopic (exact) mass is 272 g/mol. The number of nitriles is 1. The molecule has 1 aromatic rings. The summed E-state index contributed by atoms with van der Waals surface area (Å²) in [4.78, 5) is 11.5. The highest BCUT2D eigenvalue weighted by Gasteiger charge is 1.96. The lowest BCUT2D eigenvalue weighted by molar-refractivity contribution is -0.116. The van der Waals surface area contributed by atoms with Crippen molar-refractivity contribution in [3.8, 4) is 11.8 Å². The summed E-state index contributed by atoms with van der Waals surface area (Å²) >= 11 is 0. The second kappa shape index (κ2) is 9.62. The zero-order valence-corrected chi connectivity index (χ0v) is 11.8. The summed E-state index contributed by atoms with van der Waals surface area (Å²) in [7, 11) is 0. The fourth-order valence-electron chi connectivity index (χ4n) is 1.61. The van der Waals surface area contributed by atoms with E-state index in [0.717, 1.165) is 31.4 Å². The van der Waals surface area contributed by atoms with Crippen molar-refractivity contribution in [3.63, 3.8) is 0 Å². The number of carbonyl (C=O) groups excluding carboxylic acids is 1. The third kappa shape index (κ3) is 6.60. The van der Waals surface area contributed by atoms with Crippen molar-refractivity contribution >= 4 is 12.0 Å². The molecule has 0 fully saturated rings. The van der Waals surface area contributed by atoms with Crippen molar-refractivity contribution in [2.45, 2.75) is 26.2 Å². The van der Waals surface area contributed by atoms with Crippen LogP contribution >= 0.6 is 0 Å². The molecule has 106 valence electrons. The van der Waals surface area contributed by atoms with Crippen LogP contribution in [-0.2, 0) is 4.79 Å². The zero-order chi connectivity index (χ0) is 14.6. The number of hydrogen-bond donors (Lipinski definition) is 1. The molecule has 1 amide bonds. The molecule has 0 atom stereocenters. The molecule has 0 aliphatic heterocycles. The van der Waals surface area contributed by atoms with E-state index in [9.17, 15) is 4.79 Å². The third-order valence-corrected chi connectivity index (χ3v) is 2.69. The van der Waals surface area contributed by atoms with Gasteiger partial charge in [-0.2, -0.15) is 5.26 Å². The molecule has 0 aromatic heterocycles. The number of benzene rings is 1. The van der Waals surface area contributed by atoms with E-state index >= 15 is 0 Å². The maximum Gasteiger partial charge on any atom is 0.243 e. The molecule has 0 saturated heterocycles. The summed E-state index contributed by atoms with van der Waals surface area (Å²) in [6, 6.07) is 9.14. The van der Waals surface area contributed by atoms with Gasteiger partial charge in [-0.3, -0.25) is 4.79 Å². The van der Waals surface area contributed by atoms with Crippen LogP contribution in [0.3, 0.4) is 0 Å². The number of nitrogens with one attached hydrogen (secondary N) is 1. The Hall–Kier alpha value is -2.28. The summed E-state index contributed by atoms with van der Waals surface area (Å²) in [5.41, 5.74) is 0.915. The van der Waals surface area contributed by atoms with E-state index in [1.165, 1.54) is 6.08 Å². The molecule has 0 unspecified atom stereocenters. The first-order valence-electron chi connectivity index (χ1n) is 6.82. The average molecular weight is 272 g/mol. The molecule has 0 aliphatic rings. The minimum atomic E-state index is -0.0779. The second-order valence-electron chi connectivity index (χ2n) is 4.35. The Kier molecular flexibility index (Phi) is 7.59. The van der Waals surface area contributed by atoms with Crippen LogP contribution in [0.2, 0.25) is 0 Å². The van der Waals surface area contributed by atoms with Crippen LogP contribution in [0.15, 0.2) is 30.3 Å². The van der Waals surface area contributed by atoms with Gasteiger partial charge in [0, 0.05) is 12.6 Å². The van der Waals surface area contributed by atoms with Gasteiger partial charge >= 0.3 is 0 Å². The van der Waals surface area contributed by atoms with Crippen LogP contribution in [-0.4, -0.2) is 19.1 Å². The molecule has 0 aliphatic carbocycles. The highest BCUT2D eigenvalue weighted by molar-refractivity contribution is 5.91.